The Morgan fingerprint density at radius 3 is 2.94 bits per heavy atom. The topological polar surface area (TPSA) is 41.0 Å². The van der Waals surface area contributed by atoms with Gasteiger partial charge in [-0.1, -0.05) is 6.08 Å². The predicted octanol–water partition coefficient (Wildman–Crippen LogP) is 0.915. The number of aromatic nitrogens is 2. The molecule has 2 rings (SSSR count). The zero-order valence-corrected chi connectivity index (χ0v) is 9.90. The molecule has 0 atom stereocenters. The molecule has 0 aliphatic heterocycles. The second kappa shape index (κ2) is 5.07. The molecule has 0 unspecified atom stereocenters. The monoisotopic (exact) mass is 218 g/mol. The highest BCUT2D eigenvalue weighted by molar-refractivity contribution is 5.67. The van der Waals surface area contributed by atoms with Crippen molar-refractivity contribution in [2.24, 2.45) is 0 Å². The summed E-state index contributed by atoms with van der Waals surface area (Å²) in [6.45, 7) is 1.99. The van der Waals surface area contributed by atoms with Crippen molar-refractivity contribution < 1.29 is 0 Å². The Kier molecular flexibility index (Phi) is 3.51. The van der Waals surface area contributed by atoms with E-state index in [1.807, 2.05) is 12.4 Å². The first kappa shape index (κ1) is 11.1. The third kappa shape index (κ3) is 2.58. The van der Waals surface area contributed by atoms with Gasteiger partial charge in [-0.25, -0.2) is 0 Å². The van der Waals surface area contributed by atoms with E-state index in [2.05, 4.69) is 40.6 Å². The van der Waals surface area contributed by atoms with Gasteiger partial charge in [-0.2, -0.15) is 10.2 Å². The van der Waals surface area contributed by atoms with Crippen molar-refractivity contribution >= 4 is 5.70 Å². The molecule has 1 heterocycles. The van der Waals surface area contributed by atoms with Crippen molar-refractivity contribution in [3.8, 4) is 0 Å². The predicted molar refractivity (Wildman–Crippen MR) is 64.9 cm³/mol. The average molecular weight is 218 g/mol. The van der Waals surface area contributed by atoms with E-state index >= 15 is 0 Å². The van der Waals surface area contributed by atoms with Gasteiger partial charge in [0.2, 0.25) is 0 Å². The number of likely N-dealkylation sites (N-methyl/N-ethyl adjacent to an activating group) is 1. The number of hydrogen-bond donors (Lipinski definition) is 1. The Balaban J connectivity index is 2.02. The molecule has 1 aromatic rings. The molecule has 0 amide bonds. The smallest absolute Gasteiger partial charge is 0.0592 e. The first-order valence-electron chi connectivity index (χ1n) is 5.66. The number of fused-ring (bicyclic) bond motifs is 1. The van der Waals surface area contributed by atoms with Crippen LogP contribution in [0.1, 0.15) is 17.5 Å². The van der Waals surface area contributed by atoms with Crippen molar-refractivity contribution in [3.63, 3.8) is 0 Å². The molecule has 0 fully saturated rings. The maximum Gasteiger partial charge on any atom is 0.0592 e. The zero-order valence-electron chi connectivity index (χ0n) is 9.90. The van der Waals surface area contributed by atoms with Gasteiger partial charge in [-0.05, 0) is 32.5 Å². The lowest BCUT2D eigenvalue weighted by molar-refractivity contribution is 0.411. The Labute approximate surface area is 96.4 Å². The van der Waals surface area contributed by atoms with Crippen LogP contribution in [0, 0.1) is 0 Å². The minimum atomic E-state index is 0.959. The van der Waals surface area contributed by atoms with Crippen LogP contribution in [-0.4, -0.2) is 42.3 Å². The summed E-state index contributed by atoms with van der Waals surface area (Å²) in [6.07, 6.45) is 8.13. The fourth-order valence-electron chi connectivity index (χ4n) is 1.85. The van der Waals surface area contributed by atoms with E-state index in [-0.39, 0.29) is 0 Å². The second-order valence-electron chi connectivity index (χ2n) is 4.31. The van der Waals surface area contributed by atoms with Gasteiger partial charge in [0.05, 0.1) is 12.4 Å². The molecule has 0 aromatic carbocycles. The van der Waals surface area contributed by atoms with Crippen molar-refractivity contribution in [2.75, 3.05) is 27.2 Å². The fraction of sp³-hybridized carbons (Fsp3) is 0.500. The summed E-state index contributed by atoms with van der Waals surface area (Å²) in [5, 5.41) is 11.3. The van der Waals surface area contributed by atoms with Gasteiger partial charge < -0.3 is 10.2 Å². The van der Waals surface area contributed by atoms with Crippen LogP contribution in [0.5, 0.6) is 0 Å². The highest BCUT2D eigenvalue weighted by Crippen LogP contribution is 2.22. The van der Waals surface area contributed by atoms with Crippen LogP contribution in [0.2, 0.25) is 0 Å². The number of allylic oxidation sites excluding steroid dienone is 1. The Morgan fingerprint density at radius 1 is 1.31 bits per heavy atom. The summed E-state index contributed by atoms with van der Waals surface area (Å²) < 4.78 is 0. The quantitative estimate of drug-likeness (QED) is 0.815. The highest BCUT2D eigenvalue weighted by atomic mass is 15.1. The molecule has 1 N–H and O–H groups in total. The van der Waals surface area contributed by atoms with Crippen LogP contribution in [0.3, 0.4) is 0 Å². The third-order valence-electron chi connectivity index (χ3n) is 2.74. The minimum absolute atomic E-state index is 0.959. The van der Waals surface area contributed by atoms with E-state index in [4.69, 9.17) is 0 Å². The molecular formula is C12H18N4. The summed E-state index contributed by atoms with van der Waals surface area (Å²) in [6, 6.07) is 0. The van der Waals surface area contributed by atoms with E-state index in [1.165, 1.54) is 16.8 Å². The fourth-order valence-corrected chi connectivity index (χ4v) is 1.85. The molecule has 86 valence electrons. The highest BCUT2D eigenvalue weighted by Gasteiger charge is 2.12. The zero-order chi connectivity index (χ0) is 11.4. The standard InChI is InChI=1S/C12H18N4/c1-16(2)7-6-13-12-5-3-4-10-8-14-15-9-11(10)12/h5,8-9,13H,3-4,6-7H2,1-2H3. The van der Waals surface area contributed by atoms with E-state index in [9.17, 15) is 0 Å². The van der Waals surface area contributed by atoms with Gasteiger partial charge in [-0.15, -0.1) is 0 Å². The molecule has 0 spiro atoms. The number of nitrogens with zero attached hydrogens (tertiary/aromatic N) is 3. The number of hydrogen-bond acceptors (Lipinski definition) is 4. The summed E-state index contributed by atoms with van der Waals surface area (Å²) in [5.74, 6) is 0. The Bertz CT molecular complexity index is 384. The maximum absolute atomic E-state index is 3.95. The van der Waals surface area contributed by atoms with E-state index < -0.39 is 0 Å². The number of nitrogens with one attached hydrogen (secondary N) is 1. The summed E-state index contributed by atoms with van der Waals surface area (Å²) in [7, 11) is 4.16. The SMILES string of the molecule is CN(C)CCNC1=CCCc2cnncc21. The lowest BCUT2D eigenvalue weighted by Crippen LogP contribution is -2.26. The largest absolute Gasteiger partial charge is 0.383 e. The van der Waals surface area contributed by atoms with Gasteiger partial charge >= 0.3 is 0 Å². The summed E-state index contributed by atoms with van der Waals surface area (Å²) in [5.41, 5.74) is 3.71. The molecule has 1 aliphatic rings. The lowest BCUT2D eigenvalue weighted by Gasteiger charge is -2.19. The first-order chi connectivity index (χ1) is 7.77. The van der Waals surface area contributed by atoms with E-state index in [0.717, 1.165) is 25.9 Å². The average Bonchev–Trinajstić information content (AvgIpc) is 2.29. The van der Waals surface area contributed by atoms with Gasteiger partial charge in [0.25, 0.3) is 0 Å². The normalized spacial score (nSPS) is 14.6. The molecule has 1 aliphatic carbocycles. The van der Waals surface area contributed by atoms with Crippen LogP contribution in [-0.2, 0) is 6.42 Å². The molecule has 0 saturated carbocycles. The maximum atomic E-state index is 3.95. The van der Waals surface area contributed by atoms with Gasteiger partial charge in [-0.3, -0.25) is 0 Å². The van der Waals surface area contributed by atoms with Gasteiger partial charge in [0.1, 0.15) is 0 Å². The van der Waals surface area contributed by atoms with Crippen LogP contribution in [0.4, 0.5) is 0 Å². The van der Waals surface area contributed by atoms with Crippen LogP contribution in [0.25, 0.3) is 5.70 Å². The van der Waals surface area contributed by atoms with Gasteiger partial charge in [0.15, 0.2) is 0 Å². The van der Waals surface area contributed by atoms with Crippen LogP contribution in [0.15, 0.2) is 18.5 Å². The van der Waals surface area contributed by atoms with Crippen molar-refractivity contribution in [1.29, 1.82) is 0 Å². The molecular weight excluding hydrogens is 200 g/mol. The molecule has 4 nitrogen and oxygen atoms in total. The summed E-state index contributed by atoms with van der Waals surface area (Å²) >= 11 is 0. The third-order valence-corrected chi connectivity index (χ3v) is 2.74. The molecule has 0 radical (unpaired) electrons. The van der Waals surface area contributed by atoms with E-state index in [1.54, 1.807) is 0 Å². The lowest BCUT2D eigenvalue weighted by atomic mass is 9.98. The minimum Gasteiger partial charge on any atom is -0.383 e. The number of rotatable bonds is 4. The van der Waals surface area contributed by atoms with Crippen molar-refractivity contribution in [2.45, 2.75) is 12.8 Å². The van der Waals surface area contributed by atoms with Crippen LogP contribution >= 0.6 is 0 Å². The van der Waals surface area contributed by atoms with E-state index in [0.29, 0.717) is 0 Å². The van der Waals surface area contributed by atoms with Gasteiger partial charge in [0, 0.05) is 24.4 Å². The molecule has 0 saturated heterocycles. The molecule has 1 aromatic heterocycles. The second-order valence-corrected chi connectivity index (χ2v) is 4.31. The first-order valence-corrected chi connectivity index (χ1v) is 5.66. The molecule has 0 bridgehead atoms. The van der Waals surface area contributed by atoms with Crippen molar-refractivity contribution in [1.82, 2.24) is 20.4 Å². The Morgan fingerprint density at radius 2 is 2.12 bits per heavy atom. The van der Waals surface area contributed by atoms with Crippen LogP contribution < -0.4 is 5.32 Å². The Hall–Kier alpha value is -1.42. The molecule has 4 heteroatoms. The van der Waals surface area contributed by atoms with Crippen molar-refractivity contribution in [3.05, 3.63) is 29.6 Å². The summed E-state index contributed by atoms with van der Waals surface area (Å²) in [4.78, 5) is 2.17. The number of aryl methyl sites for hydroxylation is 1. The molecule has 16 heavy (non-hydrogen) atoms.